The Morgan fingerprint density at radius 3 is 2.15 bits per heavy atom. The zero-order valence-electron chi connectivity index (χ0n) is 14.7. The minimum Gasteiger partial charge on any atom is -0.496 e. The van der Waals surface area contributed by atoms with Crippen LogP contribution in [-0.4, -0.2) is 29.7 Å². The van der Waals surface area contributed by atoms with Crippen molar-refractivity contribution in [3.05, 3.63) is 51.9 Å². The van der Waals surface area contributed by atoms with Crippen LogP contribution in [-0.2, 0) is 15.6 Å². The van der Waals surface area contributed by atoms with E-state index in [0.29, 0.717) is 39.1 Å². The lowest BCUT2D eigenvalue weighted by atomic mass is 10.1. The molecule has 0 unspecified atom stereocenters. The summed E-state index contributed by atoms with van der Waals surface area (Å²) in [4.78, 5) is 0. The molecule has 26 heavy (non-hydrogen) atoms. The fourth-order valence-corrected chi connectivity index (χ4v) is 3.53. The molecular formula is C18H20ClNO5S. The predicted octanol–water partition coefficient (Wildman–Crippen LogP) is 3.53. The molecule has 0 saturated heterocycles. The van der Waals surface area contributed by atoms with Gasteiger partial charge in [0, 0.05) is 17.5 Å². The number of nitrogens with two attached hydrogens (primary N) is 1. The lowest BCUT2D eigenvalue weighted by Gasteiger charge is -2.12. The molecule has 0 aliphatic carbocycles. The van der Waals surface area contributed by atoms with Gasteiger partial charge in [-0.05, 0) is 23.8 Å². The average Bonchev–Trinajstić information content (AvgIpc) is 2.62. The Labute approximate surface area is 158 Å². The van der Waals surface area contributed by atoms with Gasteiger partial charge in [0.05, 0.1) is 43.4 Å². The van der Waals surface area contributed by atoms with Gasteiger partial charge in [-0.15, -0.1) is 0 Å². The maximum Gasteiger partial charge on any atom is 0.175 e. The quantitative estimate of drug-likeness (QED) is 0.719. The van der Waals surface area contributed by atoms with Crippen LogP contribution >= 0.6 is 11.6 Å². The Morgan fingerprint density at radius 2 is 1.65 bits per heavy atom. The van der Waals surface area contributed by atoms with Crippen molar-refractivity contribution >= 4 is 33.2 Å². The molecule has 0 radical (unpaired) electrons. The van der Waals surface area contributed by atoms with Gasteiger partial charge in [0.25, 0.3) is 0 Å². The first kappa shape index (κ1) is 19.9. The van der Waals surface area contributed by atoms with Crippen molar-refractivity contribution in [2.75, 3.05) is 27.1 Å². The highest BCUT2D eigenvalue weighted by molar-refractivity contribution is 7.93. The topological polar surface area (TPSA) is 87.9 Å². The van der Waals surface area contributed by atoms with Gasteiger partial charge in [0.15, 0.2) is 9.84 Å². The van der Waals surface area contributed by atoms with E-state index in [4.69, 9.17) is 31.5 Å². The second kappa shape index (κ2) is 8.33. The molecule has 0 atom stereocenters. The minimum absolute atomic E-state index is 0.203. The Bertz CT molecular complexity index is 900. The third-order valence-corrected chi connectivity index (χ3v) is 5.25. The van der Waals surface area contributed by atoms with Crippen molar-refractivity contribution < 1.29 is 22.6 Å². The van der Waals surface area contributed by atoms with Gasteiger partial charge >= 0.3 is 0 Å². The number of rotatable bonds is 7. The summed E-state index contributed by atoms with van der Waals surface area (Å²) >= 11 is 5.86. The molecule has 6 nitrogen and oxygen atoms in total. The number of benzene rings is 2. The molecule has 140 valence electrons. The van der Waals surface area contributed by atoms with E-state index in [1.165, 1.54) is 27.4 Å². The monoisotopic (exact) mass is 397 g/mol. The van der Waals surface area contributed by atoms with Gasteiger partial charge in [-0.25, -0.2) is 8.42 Å². The molecule has 2 aromatic rings. The number of hydrogen-bond donors (Lipinski definition) is 1. The molecule has 0 aromatic heterocycles. The second-order valence-electron chi connectivity index (χ2n) is 5.41. The zero-order chi connectivity index (χ0) is 19.3. The number of sulfone groups is 1. The molecule has 0 fully saturated rings. The van der Waals surface area contributed by atoms with E-state index in [9.17, 15) is 8.42 Å². The summed E-state index contributed by atoms with van der Waals surface area (Å²) in [7, 11) is 0.936. The maximum absolute atomic E-state index is 12.4. The Kier molecular flexibility index (Phi) is 6.39. The summed E-state index contributed by atoms with van der Waals surface area (Å²) in [5, 5.41) is 1.50. The van der Waals surface area contributed by atoms with Gasteiger partial charge in [0.2, 0.25) is 0 Å². The van der Waals surface area contributed by atoms with E-state index in [1.54, 1.807) is 30.3 Å². The summed E-state index contributed by atoms with van der Waals surface area (Å²) in [6.45, 7) is 0. The second-order valence-corrected chi connectivity index (χ2v) is 7.71. The lowest BCUT2D eigenvalue weighted by Crippen LogP contribution is -2.01. The SMILES string of the molecule is COc1cc(OC)c(/C=C/S(=O)(=O)Cc2ccc(Cl)c(N)c2)c(OC)c1. The van der Waals surface area contributed by atoms with Crippen molar-refractivity contribution in [1.82, 2.24) is 0 Å². The summed E-state index contributed by atoms with van der Waals surface area (Å²) in [6.07, 6.45) is 1.44. The fraction of sp³-hybridized carbons (Fsp3) is 0.222. The minimum atomic E-state index is -3.55. The van der Waals surface area contributed by atoms with Gasteiger partial charge in [-0.3, -0.25) is 0 Å². The number of halogens is 1. The summed E-state index contributed by atoms with van der Waals surface area (Å²) in [5.74, 6) is 1.20. The standard InChI is InChI=1S/C18H20ClNO5S/c1-23-13-9-17(24-2)14(18(10-13)25-3)6-7-26(21,22)11-12-4-5-15(19)16(20)8-12/h4-10H,11,20H2,1-3H3/b7-6+. The lowest BCUT2D eigenvalue weighted by molar-refractivity contribution is 0.374. The molecule has 2 N–H and O–H groups in total. The molecule has 0 bridgehead atoms. The molecular weight excluding hydrogens is 378 g/mol. The highest BCUT2D eigenvalue weighted by atomic mass is 35.5. The summed E-state index contributed by atoms with van der Waals surface area (Å²) in [6, 6.07) is 8.03. The van der Waals surface area contributed by atoms with Crippen LogP contribution < -0.4 is 19.9 Å². The van der Waals surface area contributed by atoms with E-state index in [2.05, 4.69) is 0 Å². The van der Waals surface area contributed by atoms with Crippen LogP contribution in [0.25, 0.3) is 6.08 Å². The average molecular weight is 398 g/mol. The number of nitrogen functional groups attached to an aromatic ring is 1. The smallest absolute Gasteiger partial charge is 0.175 e. The van der Waals surface area contributed by atoms with Crippen LogP contribution in [0.5, 0.6) is 17.2 Å². The molecule has 0 aliphatic heterocycles. The van der Waals surface area contributed by atoms with Crippen LogP contribution in [0.3, 0.4) is 0 Å². The van der Waals surface area contributed by atoms with Gasteiger partial charge in [-0.1, -0.05) is 17.7 Å². The molecule has 2 rings (SSSR count). The Hall–Kier alpha value is -2.38. The first-order valence-corrected chi connectivity index (χ1v) is 9.63. The number of hydrogen-bond acceptors (Lipinski definition) is 6. The molecule has 0 aliphatic rings. The van der Waals surface area contributed by atoms with Gasteiger partial charge in [0.1, 0.15) is 17.2 Å². The van der Waals surface area contributed by atoms with E-state index in [-0.39, 0.29) is 5.75 Å². The van der Waals surface area contributed by atoms with Crippen molar-refractivity contribution in [3.8, 4) is 17.2 Å². The van der Waals surface area contributed by atoms with Crippen molar-refractivity contribution in [1.29, 1.82) is 0 Å². The Morgan fingerprint density at radius 1 is 1.04 bits per heavy atom. The highest BCUT2D eigenvalue weighted by Crippen LogP contribution is 2.35. The fourth-order valence-electron chi connectivity index (χ4n) is 2.33. The van der Waals surface area contributed by atoms with Crippen LogP contribution in [0.1, 0.15) is 11.1 Å². The third-order valence-electron chi connectivity index (χ3n) is 3.62. The highest BCUT2D eigenvalue weighted by Gasteiger charge is 2.14. The largest absolute Gasteiger partial charge is 0.496 e. The molecule has 2 aromatic carbocycles. The van der Waals surface area contributed by atoms with E-state index in [1.807, 2.05) is 0 Å². The molecule has 0 amide bonds. The summed E-state index contributed by atoms with van der Waals surface area (Å²) < 4.78 is 40.6. The van der Waals surface area contributed by atoms with Crippen LogP contribution in [0.4, 0.5) is 5.69 Å². The van der Waals surface area contributed by atoms with Gasteiger partial charge < -0.3 is 19.9 Å². The Balaban J connectivity index is 2.33. The molecule has 0 saturated carbocycles. The third kappa shape index (κ3) is 4.83. The van der Waals surface area contributed by atoms with E-state index < -0.39 is 9.84 Å². The number of methoxy groups -OCH3 is 3. The summed E-state index contributed by atoms with van der Waals surface area (Å²) in [5.41, 5.74) is 7.09. The first-order valence-electron chi connectivity index (χ1n) is 7.54. The van der Waals surface area contributed by atoms with Crippen molar-refractivity contribution in [2.24, 2.45) is 0 Å². The van der Waals surface area contributed by atoms with Crippen LogP contribution in [0.15, 0.2) is 35.7 Å². The van der Waals surface area contributed by atoms with Crippen molar-refractivity contribution in [2.45, 2.75) is 5.75 Å². The number of ether oxygens (including phenoxy) is 3. The molecule has 0 heterocycles. The van der Waals surface area contributed by atoms with Crippen LogP contribution in [0.2, 0.25) is 5.02 Å². The maximum atomic E-state index is 12.4. The zero-order valence-corrected chi connectivity index (χ0v) is 16.2. The van der Waals surface area contributed by atoms with Crippen LogP contribution in [0, 0.1) is 0 Å². The predicted molar refractivity (Wildman–Crippen MR) is 104 cm³/mol. The van der Waals surface area contributed by atoms with E-state index in [0.717, 1.165) is 5.41 Å². The molecule has 8 heteroatoms. The van der Waals surface area contributed by atoms with Crippen molar-refractivity contribution in [3.63, 3.8) is 0 Å². The van der Waals surface area contributed by atoms with Gasteiger partial charge in [-0.2, -0.15) is 0 Å². The first-order chi connectivity index (χ1) is 12.3. The molecule has 0 spiro atoms. The normalized spacial score (nSPS) is 11.5. The van der Waals surface area contributed by atoms with E-state index >= 15 is 0 Å². The number of anilines is 1.